The zero-order valence-electron chi connectivity index (χ0n) is 15.3. The van der Waals surface area contributed by atoms with Gasteiger partial charge in [-0.05, 0) is 36.4 Å². The van der Waals surface area contributed by atoms with E-state index in [1.54, 1.807) is 0 Å². The van der Waals surface area contributed by atoms with Crippen LogP contribution in [-0.4, -0.2) is 28.0 Å². The second-order valence-electron chi connectivity index (χ2n) is 6.73. The van der Waals surface area contributed by atoms with Crippen LogP contribution in [0.2, 0.25) is 5.02 Å². The van der Waals surface area contributed by atoms with Crippen molar-refractivity contribution in [1.29, 1.82) is 0 Å². The Balaban J connectivity index is 1.84. The number of aromatic nitrogens is 3. The summed E-state index contributed by atoms with van der Waals surface area (Å²) in [7, 11) is 1.38. The molecule has 0 unspecified atom stereocenters. The van der Waals surface area contributed by atoms with Gasteiger partial charge in [-0.2, -0.15) is 0 Å². The molecule has 0 aliphatic rings. The van der Waals surface area contributed by atoms with E-state index in [4.69, 9.17) is 16.3 Å². The number of esters is 1. The largest absolute Gasteiger partial charge is 0.464 e. The van der Waals surface area contributed by atoms with Crippen molar-refractivity contribution in [3.05, 3.63) is 70.2 Å². The summed E-state index contributed by atoms with van der Waals surface area (Å²) in [5.74, 6) is -0.427. The number of carbonyl (C=O) groups excluding carboxylic acids is 1. The van der Waals surface area contributed by atoms with Crippen LogP contribution in [0.25, 0.3) is 44.1 Å². The Morgan fingerprint density at radius 3 is 2.31 bits per heavy atom. The number of rotatable bonds is 3. The Labute approximate surface area is 179 Å². The molecule has 2 aromatic carbocycles. The predicted molar refractivity (Wildman–Crippen MR) is 119 cm³/mol. The molecule has 5 aromatic rings. The lowest BCUT2D eigenvalue weighted by Crippen LogP contribution is -2.03. The number of H-pyrrole nitrogens is 3. The van der Waals surface area contributed by atoms with Crippen LogP contribution in [0.15, 0.2) is 59.5 Å². The summed E-state index contributed by atoms with van der Waals surface area (Å²) < 4.78 is 6.01. The van der Waals surface area contributed by atoms with Gasteiger partial charge in [0.2, 0.25) is 0 Å². The first-order valence-corrected chi connectivity index (χ1v) is 10.1. The summed E-state index contributed by atoms with van der Waals surface area (Å²) in [6.45, 7) is 0. The molecule has 5 nitrogen and oxygen atoms in total. The van der Waals surface area contributed by atoms with Crippen LogP contribution in [0, 0.1) is 0 Å². The van der Waals surface area contributed by atoms with E-state index in [-0.39, 0.29) is 0 Å². The molecule has 0 bridgehead atoms. The van der Waals surface area contributed by atoms with E-state index in [0.29, 0.717) is 10.7 Å². The molecule has 0 saturated carbocycles. The Kier molecular flexibility index (Phi) is 4.26. The number of halogens is 2. The van der Waals surface area contributed by atoms with Crippen molar-refractivity contribution in [2.75, 3.05) is 7.11 Å². The van der Waals surface area contributed by atoms with Gasteiger partial charge in [0.25, 0.3) is 0 Å². The summed E-state index contributed by atoms with van der Waals surface area (Å²) >= 11 is 9.80. The fourth-order valence-electron chi connectivity index (χ4n) is 3.79. The van der Waals surface area contributed by atoms with Crippen molar-refractivity contribution in [1.82, 2.24) is 15.0 Å². The monoisotopic (exact) mass is 467 g/mol. The quantitative estimate of drug-likeness (QED) is 0.264. The number of aromatic amines is 3. The standard InChI is InChI=1S/C22H15BrClN3O2/c1-29-22(28)21-20(16-9-26-19-5-3-12(24)7-14(16)19)17(10-27-21)15-8-25-18-4-2-11(23)6-13(15)18/h2-10,25-27H,1H3. The SMILES string of the molecule is COC(=O)c1[nH]cc(-c2c[nH]c3ccc(Br)cc23)c1-c1c[nH]c2ccc(Cl)cc12. The smallest absolute Gasteiger partial charge is 0.355 e. The van der Waals surface area contributed by atoms with Crippen molar-refractivity contribution in [2.24, 2.45) is 0 Å². The average molecular weight is 469 g/mol. The molecule has 29 heavy (non-hydrogen) atoms. The highest BCUT2D eigenvalue weighted by molar-refractivity contribution is 9.10. The zero-order valence-corrected chi connectivity index (χ0v) is 17.6. The minimum absolute atomic E-state index is 0.396. The highest BCUT2D eigenvalue weighted by Crippen LogP contribution is 2.42. The number of hydrogen-bond acceptors (Lipinski definition) is 2. The summed E-state index contributed by atoms with van der Waals surface area (Å²) in [6, 6.07) is 11.7. The van der Waals surface area contributed by atoms with Crippen molar-refractivity contribution in [3.63, 3.8) is 0 Å². The molecule has 3 aromatic heterocycles. The zero-order chi connectivity index (χ0) is 20.1. The maximum Gasteiger partial charge on any atom is 0.355 e. The third-order valence-corrected chi connectivity index (χ3v) is 5.85. The molecule has 0 aliphatic carbocycles. The average Bonchev–Trinajstić information content (AvgIpc) is 3.42. The second kappa shape index (κ2) is 6.83. The lowest BCUT2D eigenvalue weighted by Gasteiger charge is -2.07. The summed E-state index contributed by atoms with van der Waals surface area (Å²) in [5, 5.41) is 2.62. The minimum Gasteiger partial charge on any atom is -0.464 e. The predicted octanol–water partition coefficient (Wildman–Crippen LogP) is 6.51. The molecule has 0 fully saturated rings. The maximum absolute atomic E-state index is 12.5. The van der Waals surface area contributed by atoms with Gasteiger partial charge < -0.3 is 19.7 Å². The van der Waals surface area contributed by atoms with Crippen molar-refractivity contribution in [2.45, 2.75) is 0 Å². The first-order valence-electron chi connectivity index (χ1n) is 8.90. The Morgan fingerprint density at radius 2 is 1.55 bits per heavy atom. The molecule has 0 spiro atoms. The molecule has 0 saturated heterocycles. The molecule has 7 heteroatoms. The van der Waals surface area contributed by atoms with E-state index in [1.807, 2.05) is 48.9 Å². The van der Waals surface area contributed by atoms with Crippen LogP contribution >= 0.6 is 27.5 Å². The van der Waals surface area contributed by atoms with Crippen LogP contribution < -0.4 is 0 Å². The Bertz CT molecular complexity index is 1400. The molecule has 3 heterocycles. The summed E-state index contributed by atoms with van der Waals surface area (Å²) in [4.78, 5) is 22.2. The van der Waals surface area contributed by atoms with Gasteiger partial charge in [-0.3, -0.25) is 0 Å². The van der Waals surface area contributed by atoms with Crippen LogP contribution in [0.1, 0.15) is 10.5 Å². The van der Waals surface area contributed by atoms with E-state index in [9.17, 15) is 4.79 Å². The molecular formula is C22H15BrClN3O2. The van der Waals surface area contributed by atoms with Gasteiger partial charge in [-0.1, -0.05) is 27.5 Å². The normalized spacial score (nSPS) is 11.4. The third-order valence-electron chi connectivity index (χ3n) is 5.12. The molecule has 5 rings (SSSR count). The topological polar surface area (TPSA) is 73.7 Å². The third kappa shape index (κ3) is 2.87. The van der Waals surface area contributed by atoms with Crippen molar-refractivity contribution >= 4 is 55.3 Å². The van der Waals surface area contributed by atoms with Crippen LogP contribution in [0.5, 0.6) is 0 Å². The molecule has 0 atom stereocenters. The van der Waals surface area contributed by atoms with Crippen LogP contribution in [-0.2, 0) is 4.74 Å². The van der Waals surface area contributed by atoms with Gasteiger partial charge >= 0.3 is 5.97 Å². The lowest BCUT2D eigenvalue weighted by molar-refractivity contribution is 0.0596. The fourth-order valence-corrected chi connectivity index (χ4v) is 4.33. The highest BCUT2D eigenvalue weighted by Gasteiger charge is 2.24. The van der Waals surface area contributed by atoms with Gasteiger partial charge in [0, 0.05) is 72.1 Å². The van der Waals surface area contributed by atoms with E-state index in [0.717, 1.165) is 48.5 Å². The van der Waals surface area contributed by atoms with Gasteiger partial charge in [0.1, 0.15) is 5.69 Å². The second-order valence-corrected chi connectivity index (χ2v) is 8.08. The van der Waals surface area contributed by atoms with E-state index in [2.05, 4.69) is 36.9 Å². The number of benzene rings is 2. The van der Waals surface area contributed by atoms with E-state index in [1.165, 1.54) is 7.11 Å². The summed E-state index contributed by atoms with van der Waals surface area (Å²) in [6.07, 6.45) is 5.69. The van der Waals surface area contributed by atoms with E-state index >= 15 is 0 Å². The first-order chi connectivity index (χ1) is 14.1. The van der Waals surface area contributed by atoms with Crippen LogP contribution in [0.3, 0.4) is 0 Å². The highest BCUT2D eigenvalue weighted by atomic mass is 79.9. The van der Waals surface area contributed by atoms with E-state index < -0.39 is 5.97 Å². The fraction of sp³-hybridized carbons (Fsp3) is 0.0455. The number of hydrogen-bond donors (Lipinski definition) is 3. The maximum atomic E-state index is 12.5. The number of methoxy groups -OCH3 is 1. The molecule has 144 valence electrons. The molecule has 0 aliphatic heterocycles. The number of carbonyl (C=O) groups is 1. The number of nitrogens with one attached hydrogen (secondary N) is 3. The van der Waals surface area contributed by atoms with Crippen molar-refractivity contribution < 1.29 is 9.53 Å². The first kappa shape index (κ1) is 18.1. The Hall–Kier alpha value is -2.96. The Morgan fingerprint density at radius 1 is 0.897 bits per heavy atom. The van der Waals surface area contributed by atoms with Crippen LogP contribution in [0.4, 0.5) is 0 Å². The lowest BCUT2D eigenvalue weighted by atomic mass is 9.96. The van der Waals surface area contributed by atoms with Gasteiger partial charge in [0.15, 0.2) is 0 Å². The minimum atomic E-state index is -0.427. The summed E-state index contributed by atoms with van der Waals surface area (Å²) in [5.41, 5.74) is 5.88. The molecule has 0 radical (unpaired) electrons. The van der Waals surface area contributed by atoms with Gasteiger partial charge in [-0.15, -0.1) is 0 Å². The number of ether oxygens (including phenoxy) is 1. The van der Waals surface area contributed by atoms with Gasteiger partial charge in [-0.25, -0.2) is 4.79 Å². The molecule has 0 amide bonds. The van der Waals surface area contributed by atoms with Gasteiger partial charge in [0.05, 0.1) is 7.11 Å². The molecule has 3 N–H and O–H groups in total. The van der Waals surface area contributed by atoms with Crippen molar-refractivity contribution in [3.8, 4) is 22.3 Å². The molecular weight excluding hydrogens is 454 g/mol. The number of fused-ring (bicyclic) bond motifs is 2.